The zero-order valence-corrected chi connectivity index (χ0v) is 12.6. The number of hydrogen-bond acceptors (Lipinski definition) is 4. The fourth-order valence-corrected chi connectivity index (χ4v) is 2.96. The average Bonchev–Trinajstić information content (AvgIpc) is 2.43. The number of piperidine rings is 1. The number of anilines is 1. The smallest absolute Gasteiger partial charge is 0.156 e. The molecule has 1 aliphatic rings. The maximum atomic E-state index is 6.02. The third-order valence-corrected chi connectivity index (χ3v) is 4.41. The van der Waals surface area contributed by atoms with E-state index in [0.717, 1.165) is 41.0 Å². The lowest BCUT2D eigenvalue weighted by molar-refractivity contribution is 0.190. The minimum Gasteiger partial charge on any atom is -0.365 e. The second-order valence-corrected chi connectivity index (χ2v) is 6.06. The highest BCUT2D eigenvalue weighted by Gasteiger charge is 2.23. The van der Waals surface area contributed by atoms with Crippen molar-refractivity contribution in [3.8, 4) is 0 Å². The van der Waals surface area contributed by atoms with Crippen molar-refractivity contribution in [2.24, 2.45) is 0 Å². The second-order valence-electron chi connectivity index (χ2n) is 5.62. The van der Waals surface area contributed by atoms with Crippen LogP contribution in [-0.4, -0.2) is 40.8 Å². The zero-order valence-electron chi connectivity index (χ0n) is 11.8. The summed E-state index contributed by atoms with van der Waals surface area (Å²) in [6, 6.07) is 6.88. The van der Waals surface area contributed by atoms with Crippen molar-refractivity contribution in [2.75, 3.05) is 18.9 Å². The number of benzene rings is 1. The van der Waals surface area contributed by atoms with Gasteiger partial charge in [-0.25, -0.2) is 0 Å². The Bertz CT molecular complexity index is 616. The quantitative estimate of drug-likeness (QED) is 0.922. The van der Waals surface area contributed by atoms with E-state index in [2.05, 4.69) is 34.4 Å². The van der Waals surface area contributed by atoms with Crippen molar-refractivity contribution in [1.29, 1.82) is 0 Å². The normalized spacial score (nSPS) is 23.9. The number of nitrogens with zero attached hydrogens (tertiary/aromatic N) is 3. The zero-order chi connectivity index (χ0) is 14.1. The van der Waals surface area contributed by atoms with Gasteiger partial charge < -0.3 is 10.2 Å². The van der Waals surface area contributed by atoms with Crippen LogP contribution in [0, 0.1) is 0 Å². The van der Waals surface area contributed by atoms with Gasteiger partial charge in [-0.2, -0.15) is 5.10 Å². The summed E-state index contributed by atoms with van der Waals surface area (Å²) >= 11 is 6.02. The molecule has 0 radical (unpaired) electrons. The summed E-state index contributed by atoms with van der Waals surface area (Å²) < 4.78 is 0. The minimum absolute atomic E-state index is 0.455. The van der Waals surface area contributed by atoms with Gasteiger partial charge in [0, 0.05) is 34.4 Å². The van der Waals surface area contributed by atoms with Crippen LogP contribution in [0.2, 0.25) is 5.02 Å². The first-order chi connectivity index (χ1) is 9.63. The summed E-state index contributed by atoms with van der Waals surface area (Å²) in [6.07, 6.45) is 4.01. The largest absolute Gasteiger partial charge is 0.365 e. The number of hydrogen-bond donors (Lipinski definition) is 1. The molecule has 1 aliphatic heterocycles. The van der Waals surface area contributed by atoms with Crippen LogP contribution in [0.25, 0.3) is 10.8 Å². The van der Waals surface area contributed by atoms with Crippen molar-refractivity contribution in [3.63, 3.8) is 0 Å². The highest BCUT2D eigenvalue weighted by atomic mass is 35.5. The van der Waals surface area contributed by atoms with Crippen molar-refractivity contribution < 1.29 is 0 Å². The van der Waals surface area contributed by atoms with Crippen LogP contribution < -0.4 is 5.32 Å². The van der Waals surface area contributed by atoms with Crippen molar-refractivity contribution in [3.05, 3.63) is 29.4 Å². The number of nitrogens with one attached hydrogen (secondary N) is 1. The molecule has 2 heterocycles. The molecule has 20 heavy (non-hydrogen) atoms. The molecule has 1 N–H and O–H groups in total. The molecular weight excluding hydrogens is 272 g/mol. The molecule has 0 aliphatic carbocycles. The third kappa shape index (κ3) is 2.72. The van der Waals surface area contributed by atoms with Gasteiger partial charge in [-0.15, -0.1) is 5.10 Å². The Morgan fingerprint density at radius 1 is 1.40 bits per heavy atom. The Labute approximate surface area is 124 Å². The molecule has 1 fully saturated rings. The van der Waals surface area contributed by atoms with Gasteiger partial charge >= 0.3 is 0 Å². The monoisotopic (exact) mass is 290 g/mol. The van der Waals surface area contributed by atoms with Gasteiger partial charge in [0.15, 0.2) is 5.82 Å². The molecule has 1 saturated heterocycles. The summed E-state index contributed by atoms with van der Waals surface area (Å²) in [4.78, 5) is 2.40. The Hall–Kier alpha value is -1.39. The van der Waals surface area contributed by atoms with Gasteiger partial charge in [-0.05, 0) is 45.0 Å². The molecular formula is C15H19ClN4. The number of halogens is 1. The summed E-state index contributed by atoms with van der Waals surface area (Å²) in [7, 11) is 2.18. The molecule has 4 nitrogen and oxygen atoms in total. The molecule has 0 saturated carbocycles. The van der Waals surface area contributed by atoms with Gasteiger partial charge in [-0.1, -0.05) is 11.6 Å². The fraction of sp³-hybridized carbons (Fsp3) is 0.467. The van der Waals surface area contributed by atoms with E-state index in [9.17, 15) is 0 Å². The van der Waals surface area contributed by atoms with E-state index in [1.807, 2.05) is 18.2 Å². The first-order valence-corrected chi connectivity index (χ1v) is 7.39. The molecule has 2 atom stereocenters. The van der Waals surface area contributed by atoms with Crippen LogP contribution in [0.3, 0.4) is 0 Å². The standard InChI is InChI=1S/C15H19ClN4/c1-10-7-13(5-6-20(10)2)18-15-14-4-3-12(16)8-11(14)9-17-19-15/h3-4,8-10,13H,5-7H2,1-2H3,(H,18,19). The first kappa shape index (κ1) is 13.6. The highest BCUT2D eigenvalue weighted by molar-refractivity contribution is 6.31. The summed E-state index contributed by atoms with van der Waals surface area (Å²) in [5, 5.41) is 14.7. The van der Waals surface area contributed by atoms with Gasteiger partial charge in [0.05, 0.1) is 6.20 Å². The van der Waals surface area contributed by atoms with Crippen molar-refractivity contribution in [1.82, 2.24) is 15.1 Å². The number of rotatable bonds is 2. The van der Waals surface area contributed by atoms with Crippen molar-refractivity contribution >= 4 is 28.2 Å². The van der Waals surface area contributed by atoms with E-state index < -0.39 is 0 Å². The van der Waals surface area contributed by atoms with Crippen LogP contribution in [0.1, 0.15) is 19.8 Å². The van der Waals surface area contributed by atoms with E-state index >= 15 is 0 Å². The van der Waals surface area contributed by atoms with Gasteiger partial charge in [0.25, 0.3) is 0 Å². The molecule has 3 rings (SSSR count). The van der Waals surface area contributed by atoms with E-state index in [1.165, 1.54) is 0 Å². The molecule has 5 heteroatoms. The number of fused-ring (bicyclic) bond motifs is 1. The molecule has 1 aromatic heterocycles. The molecule has 106 valence electrons. The van der Waals surface area contributed by atoms with Crippen LogP contribution in [0.4, 0.5) is 5.82 Å². The summed E-state index contributed by atoms with van der Waals surface area (Å²) in [5.74, 6) is 0.862. The molecule has 2 unspecified atom stereocenters. The van der Waals surface area contributed by atoms with Crippen LogP contribution in [0.15, 0.2) is 24.4 Å². The Balaban J connectivity index is 1.84. The fourth-order valence-electron chi connectivity index (χ4n) is 2.78. The van der Waals surface area contributed by atoms with Crippen LogP contribution in [-0.2, 0) is 0 Å². The molecule has 0 bridgehead atoms. The second kappa shape index (κ2) is 5.54. The molecule has 2 aromatic rings. The lowest BCUT2D eigenvalue weighted by atomic mass is 9.99. The topological polar surface area (TPSA) is 41.1 Å². The van der Waals surface area contributed by atoms with E-state index in [-0.39, 0.29) is 0 Å². The Morgan fingerprint density at radius 3 is 3.05 bits per heavy atom. The number of likely N-dealkylation sites (tertiary alicyclic amines) is 1. The SMILES string of the molecule is CC1CC(Nc2nncc3cc(Cl)ccc23)CCN1C. The first-order valence-electron chi connectivity index (χ1n) is 7.01. The molecule has 0 spiro atoms. The van der Waals surface area contributed by atoms with Crippen LogP contribution in [0.5, 0.6) is 0 Å². The van der Waals surface area contributed by atoms with Gasteiger partial charge in [0.1, 0.15) is 0 Å². The Kier molecular flexibility index (Phi) is 3.76. The third-order valence-electron chi connectivity index (χ3n) is 4.17. The molecule has 1 aromatic carbocycles. The van der Waals surface area contributed by atoms with E-state index in [0.29, 0.717) is 12.1 Å². The predicted molar refractivity (Wildman–Crippen MR) is 83.3 cm³/mol. The van der Waals surface area contributed by atoms with Gasteiger partial charge in [-0.3, -0.25) is 0 Å². The van der Waals surface area contributed by atoms with Crippen molar-refractivity contribution in [2.45, 2.75) is 31.8 Å². The maximum Gasteiger partial charge on any atom is 0.156 e. The summed E-state index contributed by atoms with van der Waals surface area (Å²) in [5.41, 5.74) is 0. The predicted octanol–water partition coefficient (Wildman–Crippen LogP) is 3.18. The lowest BCUT2D eigenvalue weighted by Crippen LogP contribution is -2.42. The minimum atomic E-state index is 0.455. The maximum absolute atomic E-state index is 6.02. The lowest BCUT2D eigenvalue weighted by Gasteiger charge is -2.35. The molecule has 0 amide bonds. The van der Waals surface area contributed by atoms with E-state index in [4.69, 9.17) is 11.6 Å². The summed E-state index contributed by atoms with van der Waals surface area (Å²) in [6.45, 7) is 3.38. The van der Waals surface area contributed by atoms with Crippen LogP contribution >= 0.6 is 11.6 Å². The van der Waals surface area contributed by atoms with Gasteiger partial charge in [0.2, 0.25) is 0 Å². The van der Waals surface area contributed by atoms with E-state index in [1.54, 1.807) is 6.20 Å². The number of aromatic nitrogens is 2. The Morgan fingerprint density at radius 2 is 2.25 bits per heavy atom. The average molecular weight is 291 g/mol. The highest BCUT2D eigenvalue weighted by Crippen LogP contribution is 2.26.